The van der Waals surface area contributed by atoms with Crippen LogP contribution in [0.15, 0.2) is 24.3 Å². The van der Waals surface area contributed by atoms with E-state index in [0.29, 0.717) is 11.5 Å². The fraction of sp³-hybridized carbons (Fsp3) is 0.619. The number of benzene rings is 1. The molecule has 0 saturated heterocycles. The molecule has 0 aliphatic heterocycles. The molecule has 2 aliphatic rings. The summed E-state index contributed by atoms with van der Waals surface area (Å²) in [6.45, 7) is 0.631. The minimum Gasteiger partial charge on any atom is -0.332 e. The molecular weight excluding hydrogens is 344 g/mol. The van der Waals surface area contributed by atoms with Crippen molar-refractivity contribution in [2.75, 3.05) is 6.61 Å². The van der Waals surface area contributed by atoms with Gasteiger partial charge in [0.1, 0.15) is 6.61 Å². The van der Waals surface area contributed by atoms with Crippen molar-refractivity contribution in [3.8, 4) is 0 Å². The maximum absolute atomic E-state index is 15.0. The van der Waals surface area contributed by atoms with Gasteiger partial charge in [-0.1, -0.05) is 50.1 Å². The quantitative estimate of drug-likeness (QED) is 0.513. The van der Waals surface area contributed by atoms with Gasteiger partial charge in [0, 0.05) is 12.0 Å². The number of rotatable bonds is 5. The first-order valence-electron chi connectivity index (χ1n) is 9.51. The summed E-state index contributed by atoms with van der Waals surface area (Å²) in [7, 11) is 0. The molecule has 5 heteroatoms. The summed E-state index contributed by atoms with van der Waals surface area (Å²) in [6.07, 6.45) is 5.78. The van der Waals surface area contributed by atoms with E-state index in [1.807, 2.05) is 12.1 Å². The molecular formula is C21H26F4O. The summed E-state index contributed by atoms with van der Waals surface area (Å²) in [5.41, 5.74) is 1.99. The van der Waals surface area contributed by atoms with Crippen LogP contribution in [0.25, 0.3) is 6.08 Å². The molecule has 1 unspecified atom stereocenters. The molecule has 0 heterocycles. The minimum absolute atomic E-state index is 0.197. The highest BCUT2D eigenvalue weighted by Gasteiger charge is 2.40. The van der Waals surface area contributed by atoms with E-state index in [-0.39, 0.29) is 12.0 Å². The maximum atomic E-state index is 15.0. The Balaban J connectivity index is 1.73. The average Bonchev–Trinajstić information content (AvgIpc) is 2.60. The number of alkyl halides is 4. The van der Waals surface area contributed by atoms with Crippen molar-refractivity contribution in [2.24, 2.45) is 5.92 Å². The second kappa shape index (κ2) is 7.71. The van der Waals surface area contributed by atoms with Gasteiger partial charge in [0.25, 0.3) is 0 Å². The predicted octanol–water partition coefficient (Wildman–Crippen LogP) is 6.88. The van der Waals surface area contributed by atoms with Gasteiger partial charge < -0.3 is 4.74 Å². The number of halogens is 4. The number of fused-ring (bicyclic) bond motifs is 1. The summed E-state index contributed by atoms with van der Waals surface area (Å²) in [5, 5.41) is 0. The van der Waals surface area contributed by atoms with Crippen molar-refractivity contribution < 1.29 is 22.3 Å². The normalized spacial score (nSPS) is 28.8. The standard InChI is InChI=1S/C21H26F4O/c1-2-4-15-6-8-16(9-7-15)17-10-11-19-18(13-17)5-3-12-20(19,22)26-14-21(23,24)25/h3,5,10-11,13,15-16H,2,4,6-9,12,14H2,1H3/t15-,16-,20?. The molecule has 1 fully saturated rings. The Hall–Kier alpha value is -1.36. The Labute approximate surface area is 152 Å². The van der Waals surface area contributed by atoms with Crippen LogP contribution in [-0.2, 0) is 10.6 Å². The Morgan fingerprint density at radius 1 is 1.15 bits per heavy atom. The van der Waals surface area contributed by atoms with Crippen molar-refractivity contribution >= 4 is 6.08 Å². The Bertz CT molecular complexity index is 644. The first kappa shape index (κ1) is 19.4. The third-order valence-electron chi connectivity index (χ3n) is 5.64. The van der Waals surface area contributed by atoms with Crippen LogP contribution in [0.3, 0.4) is 0 Å². The van der Waals surface area contributed by atoms with Gasteiger partial charge in [-0.3, -0.25) is 0 Å². The third kappa shape index (κ3) is 4.48. The molecule has 0 aromatic heterocycles. The van der Waals surface area contributed by atoms with Crippen LogP contribution < -0.4 is 0 Å². The molecule has 1 aromatic rings. The first-order chi connectivity index (χ1) is 12.3. The fourth-order valence-corrected chi connectivity index (χ4v) is 4.29. The molecule has 3 rings (SSSR count). The smallest absolute Gasteiger partial charge is 0.332 e. The van der Waals surface area contributed by atoms with Crippen molar-refractivity contribution in [3.05, 3.63) is 41.0 Å². The van der Waals surface area contributed by atoms with Crippen molar-refractivity contribution in [1.82, 2.24) is 0 Å². The largest absolute Gasteiger partial charge is 0.411 e. The summed E-state index contributed by atoms with van der Waals surface area (Å²) >= 11 is 0. The first-order valence-corrected chi connectivity index (χ1v) is 9.51. The van der Waals surface area contributed by atoms with E-state index in [1.54, 1.807) is 18.2 Å². The van der Waals surface area contributed by atoms with E-state index in [4.69, 9.17) is 0 Å². The Morgan fingerprint density at radius 3 is 2.54 bits per heavy atom. The van der Waals surface area contributed by atoms with Gasteiger partial charge in [-0.25, -0.2) is 4.39 Å². The third-order valence-corrected chi connectivity index (χ3v) is 5.64. The monoisotopic (exact) mass is 370 g/mol. The highest BCUT2D eigenvalue weighted by Crippen LogP contribution is 2.43. The molecule has 1 saturated carbocycles. The second-order valence-corrected chi connectivity index (χ2v) is 7.59. The van der Waals surface area contributed by atoms with E-state index in [1.165, 1.54) is 25.7 Å². The van der Waals surface area contributed by atoms with Crippen LogP contribution in [-0.4, -0.2) is 12.8 Å². The zero-order chi connectivity index (χ0) is 18.8. The molecule has 1 nitrogen and oxygen atoms in total. The second-order valence-electron chi connectivity index (χ2n) is 7.59. The lowest BCUT2D eigenvalue weighted by Crippen LogP contribution is -2.31. The SMILES string of the molecule is CCC[C@H]1CC[C@H](c2ccc3c(c2)C=CCC3(F)OCC(F)(F)F)CC1. The van der Waals surface area contributed by atoms with Crippen LogP contribution in [0.5, 0.6) is 0 Å². The molecule has 144 valence electrons. The molecule has 26 heavy (non-hydrogen) atoms. The molecule has 0 N–H and O–H groups in total. The van der Waals surface area contributed by atoms with Gasteiger partial charge in [0.2, 0.25) is 5.85 Å². The van der Waals surface area contributed by atoms with E-state index in [0.717, 1.165) is 24.3 Å². The van der Waals surface area contributed by atoms with Crippen LogP contribution in [0, 0.1) is 5.92 Å². The molecule has 2 aliphatic carbocycles. The van der Waals surface area contributed by atoms with Gasteiger partial charge >= 0.3 is 6.18 Å². The van der Waals surface area contributed by atoms with Crippen molar-refractivity contribution in [3.63, 3.8) is 0 Å². The number of hydrogen-bond donors (Lipinski definition) is 0. The topological polar surface area (TPSA) is 9.23 Å². The van der Waals surface area contributed by atoms with Gasteiger partial charge in [-0.15, -0.1) is 0 Å². The lowest BCUT2D eigenvalue weighted by Gasteiger charge is -2.32. The zero-order valence-electron chi connectivity index (χ0n) is 15.1. The minimum atomic E-state index is -4.54. The van der Waals surface area contributed by atoms with Gasteiger partial charge in [-0.05, 0) is 48.6 Å². The van der Waals surface area contributed by atoms with Crippen molar-refractivity contribution in [2.45, 2.75) is 69.8 Å². The van der Waals surface area contributed by atoms with E-state index < -0.39 is 18.6 Å². The van der Waals surface area contributed by atoms with E-state index in [2.05, 4.69) is 11.7 Å². The van der Waals surface area contributed by atoms with Crippen LogP contribution >= 0.6 is 0 Å². The predicted molar refractivity (Wildman–Crippen MR) is 94.5 cm³/mol. The van der Waals surface area contributed by atoms with Gasteiger partial charge in [0.05, 0.1) is 0 Å². The summed E-state index contributed by atoms with van der Waals surface area (Å²) < 4.78 is 57.0. The summed E-state index contributed by atoms with van der Waals surface area (Å²) in [4.78, 5) is 0. The van der Waals surface area contributed by atoms with Gasteiger partial charge in [-0.2, -0.15) is 13.2 Å². The molecule has 1 atom stereocenters. The lowest BCUT2D eigenvalue weighted by molar-refractivity contribution is -0.242. The fourth-order valence-electron chi connectivity index (χ4n) is 4.29. The number of hydrogen-bond acceptors (Lipinski definition) is 1. The Kier molecular flexibility index (Phi) is 5.75. The summed E-state index contributed by atoms with van der Waals surface area (Å²) in [6, 6.07) is 5.41. The zero-order valence-corrected chi connectivity index (χ0v) is 15.1. The van der Waals surface area contributed by atoms with E-state index in [9.17, 15) is 13.2 Å². The van der Waals surface area contributed by atoms with Crippen molar-refractivity contribution in [1.29, 1.82) is 0 Å². The lowest BCUT2D eigenvalue weighted by atomic mass is 9.76. The highest BCUT2D eigenvalue weighted by atomic mass is 19.4. The van der Waals surface area contributed by atoms with Crippen LogP contribution in [0.1, 0.15) is 74.5 Å². The molecule has 0 radical (unpaired) electrons. The molecule has 0 amide bonds. The van der Waals surface area contributed by atoms with Gasteiger partial charge in [0.15, 0.2) is 0 Å². The van der Waals surface area contributed by atoms with E-state index >= 15 is 4.39 Å². The number of ether oxygens (including phenoxy) is 1. The molecule has 1 aromatic carbocycles. The van der Waals surface area contributed by atoms with Crippen LogP contribution in [0.2, 0.25) is 0 Å². The van der Waals surface area contributed by atoms with Crippen LogP contribution in [0.4, 0.5) is 17.6 Å². The average molecular weight is 370 g/mol. The molecule has 0 spiro atoms. The maximum Gasteiger partial charge on any atom is 0.411 e. The summed E-state index contributed by atoms with van der Waals surface area (Å²) in [5.74, 6) is -1.14. The highest BCUT2D eigenvalue weighted by molar-refractivity contribution is 5.59. The molecule has 0 bridgehead atoms. The Morgan fingerprint density at radius 2 is 1.88 bits per heavy atom.